The van der Waals surface area contributed by atoms with E-state index in [2.05, 4.69) is 27.9 Å². The highest BCUT2D eigenvalue weighted by Crippen LogP contribution is 2.16. The van der Waals surface area contributed by atoms with E-state index in [1.54, 1.807) is 30.5 Å². The molecule has 0 aliphatic rings. The van der Waals surface area contributed by atoms with Gasteiger partial charge in [-0.05, 0) is 43.3 Å². The zero-order valence-electron chi connectivity index (χ0n) is 14.4. The highest BCUT2D eigenvalue weighted by molar-refractivity contribution is 7.84. The molecule has 0 aliphatic heterocycles. The molecule has 0 spiro atoms. The van der Waals surface area contributed by atoms with Crippen molar-refractivity contribution in [1.29, 1.82) is 0 Å². The number of hydrogen-bond donors (Lipinski definition) is 1. The molecule has 1 N–H and O–H groups in total. The number of nitrogens with zero attached hydrogens (tertiary/aromatic N) is 2. The van der Waals surface area contributed by atoms with Gasteiger partial charge in [0.25, 0.3) is 5.91 Å². The number of amides is 1. The molecule has 0 radical (unpaired) electrons. The summed E-state index contributed by atoms with van der Waals surface area (Å²) < 4.78 is 13.6. The Morgan fingerprint density at radius 1 is 1.16 bits per heavy atom. The number of carbonyl (C=O) groups excluding carboxylic acids is 1. The van der Waals surface area contributed by atoms with Gasteiger partial charge in [-0.2, -0.15) is 0 Å². The smallest absolute Gasteiger partial charge is 0.251 e. The molecule has 5 nitrogen and oxygen atoms in total. The number of para-hydroxylation sites is 2. The number of carbonyl (C=O) groups is 1. The van der Waals surface area contributed by atoms with E-state index in [4.69, 9.17) is 0 Å². The largest absolute Gasteiger partial charge is 0.352 e. The fourth-order valence-electron chi connectivity index (χ4n) is 2.86. The molecular weight excluding hydrogens is 334 g/mol. The third-order valence-corrected chi connectivity index (χ3v) is 5.07. The van der Waals surface area contributed by atoms with Gasteiger partial charge in [-0.25, -0.2) is 4.98 Å². The van der Waals surface area contributed by atoms with Crippen molar-refractivity contribution in [1.82, 2.24) is 14.9 Å². The molecule has 1 aromatic heterocycles. The Bertz CT molecular complexity index is 916. The highest BCUT2D eigenvalue weighted by Gasteiger charge is 2.10. The van der Waals surface area contributed by atoms with E-state index in [9.17, 15) is 9.00 Å². The second-order valence-corrected chi connectivity index (χ2v) is 7.13. The second-order valence-electron chi connectivity index (χ2n) is 5.75. The van der Waals surface area contributed by atoms with Gasteiger partial charge in [-0.3, -0.25) is 9.00 Å². The summed E-state index contributed by atoms with van der Waals surface area (Å²) >= 11 is 0. The SMILES string of the molecule is CCn1c(CCNC(=O)c2ccc([S@@](C)=O)cc2)nc2ccccc21. The number of benzene rings is 2. The number of aromatic nitrogens is 2. The summed E-state index contributed by atoms with van der Waals surface area (Å²) in [7, 11) is -1.04. The quantitative estimate of drug-likeness (QED) is 0.739. The van der Waals surface area contributed by atoms with Crippen LogP contribution in [0.5, 0.6) is 0 Å². The van der Waals surface area contributed by atoms with Crippen LogP contribution < -0.4 is 5.32 Å². The monoisotopic (exact) mass is 355 g/mol. The van der Waals surface area contributed by atoms with Crippen LogP contribution >= 0.6 is 0 Å². The fourth-order valence-corrected chi connectivity index (χ4v) is 3.38. The standard InChI is InChI=1S/C19H21N3O2S/c1-3-22-17-7-5-4-6-16(17)21-18(22)12-13-20-19(23)14-8-10-15(11-9-14)25(2)24/h4-11H,3,12-13H2,1-2H3,(H,20,23)/t25-/m1/s1. The molecule has 1 heterocycles. The molecule has 0 saturated heterocycles. The van der Waals surface area contributed by atoms with Crippen LogP contribution in [-0.4, -0.2) is 32.5 Å². The number of hydrogen-bond acceptors (Lipinski definition) is 3. The lowest BCUT2D eigenvalue weighted by atomic mass is 10.2. The van der Waals surface area contributed by atoms with E-state index >= 15 is 0 Å². The van der Waals surface area contributed by atoms with E-state index in [-0.39, 0.29) is 5.91 Å². The predicted octanol–water partition coefficient (Wildman–Crippen LogP) is 2.77. The zero-order valence-corrected chi connectivity index (χ0v) is 15.2. The van der Waals surface area contributed by atoms with Crippen LogP contribution in [0.25, 0.3) is 11.0 Å². The summed E-state index contributed by atoms with van der Waals surface area (Å²) in [5, 5.41) is 2.92. The van der Waals surface area contributed by atoms with Crippen molar-refractivity contribution in [3.8, 4) is 0 Å². The Kier molecular flexibility index (Phi) is 5.28. The zero-order chi connectivity index (χ0) is 17.8. The minimum atomic E-state index is -1.04. The summed E-state index contributed by atoms with van der Waals surface area (Å²) in [5.41, 5.74) is 2.67. The first-order chi connectivity index (χ1) is 12.1. The van der Waals surface area contributed by atoms with Crippen LogP contribution in [0.15, 0.2) is 53.4 Å². The molecule has 130 valence electrons. The molecule has 0 aliphatic carbocycles. The maximum Gasteiger partial charge on any atom is 0.251 e. The molecule has 0 saturated carbocycles. The van der Waals surface area contributed by atoms with Crippen LogP contribution in [-0.2, 0) is 23.8 Å². The maximum absolute atomic E-state index is 12.2. The summed E-state index contributed by atoms with van der Waals surface area (Å²) in [6, 6.07) is 14.9. The van der Waals surface area contributed by atoms with Gasteiger partial charge in [0.05, 0.1) is 11.0 Å². The van der Waals surface area contributed by atoms with E-state index in [1.807, 2.05) is 18.2 Å². The topological polar surface area (TPSA) is 64.0 Å². The van der Waals surface area contributed by atoms with Crippen molar-refractivity contribution >= 4 is 27.7 Å². The number of aryl methyl sites for hydroxylation is 1. The summed E-state index contributed by atoms with van der Waals surface area (Å²) in [6.45, 7) is 3.46. The van der Waals surface area contributed by atoms with Crippen molar-refractivity contribution in [3.05, 3.63) is 59.9 Å². The molecule has 0 unspecified atom stereocenters. The van der Waals surface area contributed by atoms with E-state index in [0.29, 0.717) is 23.4 Å². The molecule has 3 rings (SSSR count). The van der Waals surface area contributed by atoms with Gasteiger partial charge in [0, 0.05) is 47.0 Å². The van der Waals surface area contributed by atoms with Gasteiger partial charge >= 0.3 is 0 Å². The van der Waals surface area contributed by atoms with Crippen LogP contribution in [0.4, 0.5) is 0 Å². The van der Waals surface area contributed by atoms with E-state index < -0.39 is 10.8 Å². The molecule has 0 bridgehead atoms. The van der Waals surface area contributed by atoms with Crippen LogP contribution in [0.1, 0.15) is 23.1 Å². The normalized spacial score (nSPS) is 12.2. The molecule has 2 aromatic carbocycles. The molecule has 0 fully saturated rings. The lowest BCUT2D eigenvalue weighted by molar-refractivity contribution is 0.0954. The van der Waals surface area contributed by atoms with Crippen molar-refractivity contribution in [2.45, 2.75) is 24.8 Å². The van der Waals surface area contributed by atoms with Gasteiger partial charge in [0.1, 0.15) is 5.82 Å². The van der Waals surface area contributed by atoms with E-state index in [0.717, 1.165) is 23.4 Å². The van der Waals surface area contributed by atoms with Crippen molar-refractivity contribution in [3.63, 3.8) is 0 Å². The third kappa shape index (κ3) is 3.79. The molecule has 25 heavy (non-hydrogen) atoms. The molecule has 1 amide bonds. The number of imidazole rings is 1. The Morgan fingerprint density at radius 2 is 1.88 bits per heavy atom. The minimum absolute atomic E-state index is 0.132. The van der Waals surface area contributed by atoms with Crippen LogP contribution in [0.2, 0.25) is 0 Å². The lowest BCUT2D eigenvalue weighted by Gasteiger charge is -2.08. The third-order valence-electron chi connectivity index (χ3n) is 4.13. The van der Waals surface area contributed by atoms with Gasteiger partial charge in [-0.1, -0.05) is 12.1 Å². The van der Waals surface area contributed by atoms with Crippen molar-refractivity contribution in [2.24, 2.45) is 0 Å². The number of fused-ring (bicyclic) bond motifs is 1. The highest BCUT2D eigenvalue weighted by atomic mass is 32.2. The summed E-state index contributed by atoms with van der Waals surface area (Å²) in [4.78, 5) is 17.6. The molecule has 1 atom stereocenters. The Balaban J connectivity index is 1.64. The van der Waals surface area contributed by atoms with Crippen molar-refractivity contribution in [2.75, 3.05) is 12.8 Å². The first kappa shape index (κ1) is 17.4. The Morgan fingerprint density at radius 3 is 2.56 bits per heavy atom. The van der Waals surface area contributed by atoms with E-state index in [1.165, 1.54) is 0 Å². The Hall–Kier alpha value is -2.47. The van der Waals surface area contributed by atoms with Gasteiger partial charge < -0.3 is 9.88 Å². The molecular formula is C19H21N3O2S. The Labute approximate surface area is 149 Å². The van der Waals surface area contributed by atoms with Gasteiger partial charge in [0.15, 0.2) is 0 Å². The molecule has 6 heteroatoms. The molecule has 3 aromatic rings. The number of nitrogens with one attached hydrogen (secondary N) is 1. The summed E-state index contributed by atoms with van der Waals surface area (Å²) in [6.07, 6.45) is 2.29. The van der Waals surface area contributed by atoms with Crippen LogP contribution in [0.3, 0.4) is 0 Å². The summed E-state index contributed by atoms with van der Waals surface area (Å²) in [5.74, 6) is 0.841. The minimum Gasteiger partial charge on any atom is -0.352 e. The number of rotatable bonds is 6. The first-order valence-corrected chi connectivity index (χ1v) is 9.81. The van der Waals surface area contributed by atoms with Gasteiger partial charge in [0.2, 0.25) is 0 Å². The van der Waals surface area contributed by atoms with Crippen LogP contribution in [0, 0.1) is 0 Å². The average Bonchev–Trinajstić information content (AvgIpc) is 2.99. The van der Waals surface area contributed by atoms with Crippen molar-refractivity contribution < 1.29 is 9.00 Å². The fraction of sp³-hybridized carbons (Fsp3) is 0.263. The average molecular weight is 355 g/mol. The lowest BCUT2D eigenvalue weighted by Crippen LogP contribution is -2.26. The maximum atomic E-state index is 12.2. The first-order valence-electron chi connectivity index (χ1n) is 8.26. The predicted molar refractivity (Wildman–Crippen MR) is 100 cm³/mol. The van der Waals surface area contributed by atoms with Gasteiger partial charge in [-0.15, -0.1) is 0 Å². The second kappa shape index (κ2) is 7.61.